The zero-order valence-corrected chi connectivity index (χ0v) is 11.9. The second-order valence-corrected chi connectivity index (χ2v) is 5.24. The van der Waals surface area contributed by atoms with Gasteiger partial charge >= 0.3 is 0 Å². The minimum Gasteiger partial charge on any atom is -0.313 e. The fraction of sp³-hybridized carbons (Fsp3) is 0.333. The second kappa shape index (κ2) is 6.22. The summed E-state index contributed by atoms with van der Waals surface area (Å²) in [5.41, 5.74) is 1.11. The Hall–Kier alpha value is -1.04. The number of hydrogen-bond donors (Lipinski definition) is 1. The molecule has 0 unspecified atom stereocenters. The molecule has 0 spiro atoms. The molecule has 2 rings (SSSR count). The van der Waals surface area contributed by atoms with Crippen LogP contribution in [-0.2, 0) is 13.6 Å². The summed E-state index contributed by atoms with van der Waals surface area (Å²) in [5.74, 6) is 0. The van der Waals surface area contributed by atoms with Crippen LogP contribution in [0.15, 0.2) is 34.6 Å². The van der Waals surface area contributed by atoms with E-state index < -0.39 is 0 Å². The van der Waals surface area contributed by atoms with Crippen LogP contribution in [0.3, 0.4) is 0 Å². The van der Waals surface area contributed by atoms with Gasteiger partial charge < -0.3 is 9.88 Å². The van der Waals surface area contributed by atoms with Gasteiger partial charge in [0.05, 0.1) is 0 Å². The fourth-order valence-corrected chi connectivity index (χ4v) is 2.74. The Morgan fingerprint density at radius 3 is 2.94 bits per heavy atom. The van der Waals surface area contributed by atoms with Crippen LogP contribution in [0.4, 0.5) is 0 Å². The molecular weight excluding hydrogens is 268 g/mol. The number of halogens is 1. The molecule has 96 valence electrons. The van der Waals surface area contributed by atoms with Gasteiger partial charge in [-0.2, -0.15) is 0 Å². The molecule has 0 aliphatic rings. The predicted molar refractivity (Wildman–Crippen MR) is 74.0 cm³/mol. The number of hydrogen-bond acceptors (Lipinski definition) is 4. The Labute approximate surface area is 116 Å². The van der Waals surface area contributed by atoms with Gasteiger partial charge in [-0.15, -0.1) is 10.2 Å². The normalized spacial score (nSPS) is 10.8. The standard InChI is InChI=1S/C12H15ClN4S/c1-3-14-7-9-10(13)5-4-6-11(9)18-12-16-15-8-17(12)2/h4-6,8,14H,3,7H2,1-2H3. The fourth-order valence-electron chi connectivity index (χ4n) is 1.52. The third kappa shape index (κ3) is 3.04. The zero-order valence-electron chi connectivity index (χ0n) is 10.4. The lowest BCUT2D eigenvalue weighted by molar-refractivity contribution is 0.717. The lowest BCUT2D eigenvalue weighted by Gasteiger charge is -2.10. The Bertz CT molecular complexity index is 527. The molecule has 0 amide bonds. The van der Waals surface area contributed by atoms with Crippen LogP contribution in [0.5, 0.6) is 0 Å². The Kier molecular flexibility index (Phi) is 4.63. The lowest BCUT2D eigenvalue weighted by atomic mass is 10.2. The summed E-state index contributed by atoms with van der Waals surface area (Å²) in [6.45, 7) is 3.75. The van der Waals surface area contributed by atoms with Gasteiger partial charge in [0.25, 0.3) is 0 Å². The van der Waals surface area contributed by atoms with Crippen molar-refractivity contribution in [3.05, 3.63) is 35.1 Å². The van der Waals surface area contributed by atoms with Crippen LogP contribution < -0.4 is 5.32 Å². The molecule has 0 saturated carbocycles. The largest absolute Gasteiger partial charge is 0.313 e. The molecular formula is C12H15ClN4S. The van der Waals surface area contributed by atoms with Crippen LogP contribution >= 0.6 is 23.4 Å². The minimum atomic E-state index is 0.760. The van der Waals surface area contributed by atoms with Crippen LogP contribution in [0, 0.1) is 0 Å². The molecule has 1 heterocycles. The molecule has 0 saturated heterocycles. The maximum absolute atomic E-state index is 6.25. The van der Waals surface area contributed by atoms with E-state index in [1.165, 1.54) is 0 Å². The van der Waals surface area contributed by atoms with Crippen molar-refractivity contribution in [2.24, 2.45) is 7.05 Å². The number of aromatic nitrogens is 3. The van der Waals surface area contributed by atoms with Crippen LogP contribution in [-0.4, -0.2) is 21.3 Å². The molecule has 0 aliphatic heterocycles. The van der Waals surface area contributed by atoms with Crippen molar-refractivity contribution in [2.75, 3.05) is 6.54 Å². The summed E-state index contributed by atoms with van der Waals surface area (Å²) in [6, 6.07) is 5.92. The molecule has 1 aromatic heterocycles. The molecule has 0 radical (unpaired) electrons. The number of benzene rings is 1. The van der Waals surface area contributed by atoms with Crippen molar-refractivity contribution < 1.29 is 0 Å². The zero-order chi connectivity index (χ0) is 13.0. The van der Waals surface area contributed by atoms with Crippen LogP contribution in [0.2, 0.25) is 5.02 Å². The van der Waals surface area contributed by atoms with E-state index in [4.69, 9.17) is 11.6 Å². The van der Waals surface area contributed by atoms with Crippen molar-refractivity contribution >= 4 is 23.4 Å². The molecule has 4 nitrogen and oxygen atoms in total. The van der Waals surface area contributed by atoms with E-state index in [9.17, 15) is 0 Å². The molecule has 6 heteroatoms. The summed E-state index contributed by atoms with van der Waals surface area (Å²) in [7, 11) is 1.93. The first-order valence-electron chi connectivity index (χ1n) is 5.72. The van der Waals surface area contributed by atoms with Gasteiger partial charge in [0.2, 0.25) is 0 Å². The van der Waals surface area contributed by atoms with Gasteiger partial charge in [-0.1, -0.05) is 24.6 Å². The number of rotatable bonds is 5. The highest BCUT2D eigenvalue weighted by molar-refractivity contribution is 7.99. The first kappa shape index (κ1) is 13.4. The van der Waals surface area contributed by atoms with Gasteiger partial charge in [0.15, 0.2) is 5.16 Å². The molecule has 0 atom stereocenters. The number of nitrogens with one attached hydrogen (secondary N) is 1. The van der Waals surface area contributed by atoms with E-state index >= 15 is 0 Å². The van der Waals surface area contributed by atoms with Gasteiger partial charge in [-0.05, 0) is 36.0 Å². The summed E-state index contributed by atoms with van der Waals surface area (Å²) >= 11 is 7.83. The van der Waals surface area contributed by atoms with Gasteiger partial charge in [-0.3, -0.25) is 0 Å². The molecule has 0 fully saturated rings. The number of nitrogens with zero attached hydrogens (tertiary/aromatic N) is 3. The average Bonchev–Trinajstić information content (AvgIpc) is 2.74. The van der Waals surface area contributed by atoms with Gasteiger partial charge in [-0.25, -0.2) is 0 Å². The van der Waals surface area contributed by atoms with E-state index in [-0.39, 0.29) is 0 Å². The maximum atomic E-state index is 6.25. The monoisotopic (exact) mass is 282 g/mol. The summed E-state index contributed by atoms with van der Waals surface area (Å²) < 4.78 is 1.89. The quantitative estimate of drug-likeness (QED) is 0.916. The lowest BCUT2D eigenvalue weighted by Crippen LogP contribution is -2.12. The van der Waals surface area contributed by atoms with Crippen molar-refractivity contribution in [1.29, 1.82) is 0 Å². The Morgan fingerprint density at radius 2 is 2.28 bits per heavy atom. The third-order valence-corrected chi connectivity index (χ3v) is 4.01. The maximum Gasteiger partial charge on any atom is 0.195 e. The minimum absolute atomic E-state index is 0.760. The van der Waals surface area contributed by atoms with Crippen molar-refractivity contribution in [3.63, 3.8) is 0 Å². The Morgan fingerprint density at radius 1 is 1.44 bits per heavy atom. The highest BCUT2D eigenvalue weighted by atomic mass is 35.5. The van der Waals surface area contributed by atoms with Crippen LogP contribution in [0.1, 0.15) is 12.5 Å². The molecule has 18 heavy (non-hydrogen) atoms. The summed E-state index contributed by atoms with van der Waals surface area (Å²) in [4.78, 5) is 1.11. The smallest absolute Gasteiger partial charge is 0.195 e. The topological polar surface area (TPSA) is 42.7 Å². The molecule has 2 aromatic rings. The van der Waals surface area contributed by atoms with Gasteiger partial charge in [0, 0.05) is 23.5 Å². The molecule has 1 N–H and O–H groups in total. The molecule has 0 aliphatic carbocycles. The predicted octanol–water partition coefficient (Wildman–Crippen LogP) is 2.73. The van der Waals surface area contributed by atoms with E-state index in [0.29, 0.717) is 0 Å². The van der Waals surface area contributed by atoms with E-state index in [1.807, 2.05) is 23.7 Å². The first-order chi connectivity index (χ1) is 8.72. The highest BCUT2D eigenvalue weighted by Crippen LogP contribution is 2.32. The van der Waals surface area contributed by atoms with Crippen LogP contribution in [0.25, 0.3) is 0 Å². The summed E-state index contributed by atoms with van der Waals surface area (Å²) in [5, 5.41) is 12.9. The molecule has 0 bridgehead atoms. The van der Waals surface area contributed by atoms with E-state index in [0.717, 1.165) is 33.7 Å². The highest BCUT2D eigenvalue weighted by Gasteiger charge is 2.10. The van der Waals surface area contributed by atoms with E-state index in [2.05, 4.69) is 28.5 Å². The van der Waals surface area contributed by atoms with Crippen molar-refractivity contribution in [3.8, 4) is 0 Å². The SMILES string of the molecule is CCNCc1c(Cl)cccc1Sc1nncn1C. The molecule has 1 aromatic carbocycles. The van der Waals surface area contributed by atoms with E-state index in [1.54, 1.807) is 18.1 Å². The third-order valence-electron chi connectivity index (χ3n) is 2.50. The summed E-state index contributed by atoms with van der Waals surface area (Å²) in [6.07, 6.45) is 1.69. The Balaban J connectivity index is 2.26. The van der Waals surface area contributed by atoms with Gasteiger partial charge in [0.1, 0.15) is 6.33 Å². The first-order valence-corrected chi connectivity index (χ1v) is 6.91. The number of aryl methyl sites for hydroxylation is 1. The second-order valence-electron chi connectivity index (χ2n) is 3.82. The van der Waals surface area contributed by atoms with Crippen molar-refractivity contribution in [2.45, 2.75) is 23.5 Å². The average molecular weight is 283 g/mol. The van der Waals surface area contributed by atoms with Crippen molar-refractivity contribution in [1.82, 2.24) is 20.1 Å².